The highest BCUT2D eigenvalue weighted by Crippen LogP contribution is 2.18. The molecule has 0 heterocycles. The number of hydrogen-bond acceptors (Lipinski definition) is 3. The van der Waals surface area contributed by atoms with Crippen molar-refractivity contribution in [1.29, 1.82) is 0 Å². The Balaban J connectivity index is 2.24. The summed E-state index contributed by atoms with van der Waals surface area (Å²) in [5, 5.41) is 9.25. The van der Waals surface area contributed by atoms with Gasteiger partial charge in [-0.15, -0.1) is 0 Å². The number of carbonyl (C=O) groups is 1. The minimum atomic E-state index is -3.88. The van der Waals surface area contributed by atoms with E-state index in [-0.39, 0.29) is 6.54 Å². The number of fused-ring (bicyclic) bond motifs is 1. The first kappa shape index (κ1) is 14.5. The van der Waals surface area contributed by atoms with Crippen molar-refractivity contribution < 1.29 is 18.3 Å². The molecule has 1 unspecified atom stereocenters. The standard InChI is InChI=1S/C14H15NO4S/c1-10(14(16)17)20(18,19)15-9-12-7-4-6-11-5-2-3-8-13(11)12/h2-8,10,15H,9H2,1H3,(H,16,17). The molecule has 0 radical (unpaired) electrons. The first-order valence-corrected chi connectivity index (χ1v) is 7.64. The largest absolute Gasteiger partial charge is 0.480 e. The van der Waals surface area contributed by atoms with Gasteiger partial charge in [0.05, 0.1) is 0 Å². The van der Waals surface area contributed by atoms with Crippen molar-refractivity contribution in [1.82, 2.24) is 4.72 Å². The molecule has 106 valence electrons. The van der Waals surface area contributed by atoms with Gasteiger partial charge < -0.3 is 5.11 Å². The average Bonchev–Trinajstić information content (AvgIpc) is 2.44. The van der Waals surface area contributed by atoms with Gasteiger partial charge in [0.1, 0.15) is 0 Å². The fourth-order valence-corrected chi connectivity index (χ4v) is 2.75. The van der Waals surface area contributed by atoms with Gasteiger partial charge in [0.25, 0.3) is 0 Å². The lowest BCUT2D eigenvalue weighted by Crippen LogP contribution is -2.37. The minimum absolute atomic E-state index is 0.0707. The van der Waals surface area contributed by atoms with Gasteiger partial charge in [-0.25, -0.2) is 13.1 Å². The van der Waals surface area contributed by atoms with Crippen LogP contribution in [0.2, 0.25) is 0 Å². The molecule has 0 saturated heterocycles. The molecule has 0 aromatic heterocycles. The second-order valence-corrected chi connectivity index (χ2v) is 6.57. The van der Waals surface area contributed by atoms with Gasteiger partial charge in [0, 0.05) is 6.54 Å². The molecule has 1 atom stereocenters. The topological polar surface area (TPSA) is 83.5 Å². The molecule has 0 saturated carbocycles. The molecule has 0 fully saturated rings. The highest BCUT2D eigenvalue weighted by atomic mass is 32.2. The monoisotopic (exact) mass is 293 g/mol. The predicted octanol–water partition coefficient (Wildman–Crippen LogP) is 1.73. The molecular formula is C14H15NO4S. The van der Waals surface area contributed by atoms with Crippen LogP contribution in [0.5, 0.6) is 0 Å². The summed E-state index contributed by atoms with van der Waals surface area (Å²) in [6.07, 6.45) is 0. The third kappa shape index (κ3) is 2.97. The molecule has 0 amide bonds. The van der Waals surface area contributed by atoms with Crippen LogP contribution in [0, 0.1) is 0 Å². The zero-order valence-corrected chi connectivity index (χ0v) is 11.7. The molecule has 2 aromatic rings. The van der Waals surface area contributed by atoms with E-state index >= 15 is 0 Å². The third-order valence-electron chi connectivity index (χ3n) is 3.16. The second-order valence-electron chi connectivity index (χ2n) is 4.48. The van der Waals surface area contributed by atoms with E-state index in [0.29, 0.717) is 0 Å². The Bertz CT molecular complexity index is 734. The van der Waals surface area contributed by atoms with Gasteiger partial charge in [-0.3, -0.25) is 4.79 Å². The molecular weight excluding hydrogens is 278 g/mol. The van der Waals surface area contributed by atoms with Crippen LogP contribution in [-0.2, 0) is 21.4 Å². The van der Waals surface area contributed by atoms with Gasteiger partial charge in [-0.1, -0.05) is 42.5 Å². The van der Waals surface area contributed by atoms with Crippen LogP contribution in [-0.4, -0.2) is 24.7 Å². The van der Waals surface area contributed by atoms with Crippen molar-refractivity contribution in [3.8, 4) is 0 Å². The number of aliphatic carboxylic acids is 1. The van der Waals surface area contributed by atoms with Crippen molar-refractivity contribution in [3.63, 3.8) is 0 Å². The number of carboxylic acid groups (broad SMARTS) is 1. The minimum Gasteiger partial charge on any atom is -0.480 e. The summed E-state index contributed by atoms with van der Waals surface area (Å²) in [5.74, 6) is -1.37. The Morgan fingerprint density at radius 2 is 1.85 bits per heavy atom. The van der Waals surface area contributed by atoms with Crippen molar-refractivity contribution in [3.05, 3.63) is 48.0 Å². The van der Waals surface area contributed by atoms with E-state index in [4.69, 9.17) is 5.11 Å². The quantitative estimate of drug-likeness (QED) is 0.879. The lowest BCUT2D eigenvalue weighted by Gasteiger charge is -2.11. The van der Waals surface area contributed by atoms with E-state index in [1.165, 1.54) is 0 Å². The van der Waals surface area contributed by atoms with E-state index < -0.39 is 21.2 Å². The molecule has 0 aliphatic rings. The lowest BCUT2D eigenvalue weighted by molar-refractivity contribution is -0.136. The van der Waals surface area contributed by atoms with Crippen LogP contribution in [0.25, 0.3) is 10.8 Å². The van der Waals surface area contributed by atoms with Gasteiger partial charge in [-0.05, 0) is 23.3 Å². The van der Waals surface area contributed by atoms with Crippen molar-refractivity contribution >= 4 is 26.8 Å². The molecule has 0 bridgehead atoms. The zero-order chi connectivity index (χ0) is 14.8. The molecule has 6 heteroatoms. The number of sulfonamides is 1. The summed E-state index contributed by atoms with van der Waals surface area (Å²) in [6.45, 7) is 1.22. The van der Waals surface area contributed by atoms with E-state index in [1.54, 1.807) is 0 Å². The summed E-state index contributed by atoms with van der Waals surface area (Å²) in [4.78, 5) is 10.8. The maximum atomic E-state index is 11.8. The summed E-state index contributed by atoms with van der Waals surface area (Å²) in [5.41, 5.74) is 0.810. The Hall–Kier alpha value is -1.92. The maximum Gasteiger partial charge on any atom is 0.323 e. The number of hydrogen-bond donors (Lipinski definition) is 2. The lowest BCUT2D eigenvalue weighted by atomic mass is 10.1. The average molecular weight is 293 g/mol. The fourth-order valence-electron chi connectivity index (χ4n) is 1.88. The highest BCUT2D eigenvalue weighted by molar-refractivity contribution is 7.90. The Kier molecular flexibility index (Phi) is 4.06. The maximum absolute atomic E-state index is 11.8. The molecule has 2 N–H and O–H groups in total. The number of nitrogens with one attached hydrogen (secondary N) is 1. The molecule has 20 heavy (non-hydrogen) atoms. The Labute approximate surface area is 117 Å². The molecule has 0 spiro atoms. The first-order valence-electron chi connectivity index (χ1n) is 6.10. The van der Waals surface area contributed by atoms with Gasteiger partial charge >= 0.3 is 5.97 Å². The van der Waals surface area contributed by atoms with Crippen LogP contribution in [0.4, 0.5) is 0 Å². The second kappa shape index (κ2) is 5.60. The zero-order valence-electron chi connectivity index (χ0n) is 10.9. The highest BCUT2D eigenvalue weighted by Gasteiger charge is 2.27. The smallest absolute Gasteiger partial charge is 0.323 e. The van der Waals surface area contributed by atoms with Crippen LogP contribution >= 0.6 is 0 Å². The van der Waals surface area contributed by atoms with Crippen molar-refractivity contribution in [2.45, 2.75) is 18.7 Å². The van der Waals surface area contributed by atoms with E-state index in [1.807, 2.05) is 42.5 Å². The molecule has 2 aromatic carbocycles. The van der Waals surface area contributed by atoms with Gasteiger partial charge in [-0.2, -0.15) is 0 Å². The summed E-state index contributed by atoms with van der Waals surface area (Å²) < 4.78 is 25.9. The third-order valence-corrected chi connectivity index (χ3v) is 4.84. The van der Waals surface area contributed by atoms with E-state index in [2.05, 4.69) is 4.72 Å². The van der Waals surface area contributed by atoms with E-state index in [9.17, 15) is 13.2 Å². The number of benzene rings is 2. The van der Waals surface area contributed by atoms with Gasteiger partial charge in [0.15, 0.2) is 5.25 Å². The van der Waals surface area contributed by atoms with Crippen LogP contribution < -0.4 is 4.72 Å². The Morgan fingerprint density at radius 1 is 1.20 bits per heavy atom. The van der Waals surface area contributed by atoms with Crippen LogP contribution in [0.15, 0.2) is 42.5 Å². The van der Waals surface area contributed by atoms with E-state index in [0.717, 1.165) is 23.3 Å². The van der Waals surface area contributed by atoms with Crippen LogP contribution in [0.1, 0.15) is 12.5 Å². The summed E-state index contributed by atoms with van der Waals surface area (Å²) in [7, 11) is -3.88. The van der Waals surface area contributed by atoms with Crippen molar-refractivity contribution in [2.24, 2.45) is 0 Å². The predicted molar refractivity (Wildman–Crippen MR) is 76.8 cm³/mol. The first-order chi connectivity index (χ1) is 9.42. The Morgan fingerprint density at radius 3 is 2.55 bits per heavy atom. The molecule has 5 nitrogen and oxygen atoms in total. The SMILES string of the molecule is CC(C(=O)O)S(=O)(=O)NCc1cccc2ccccc12. The molecule has 0 aliphatic carbocycles. The van der Waals surface area contributed by atoms with Gasteiger partial charge in [0.2, 0.25) is 10.0 Å². The molecule has 2 rings (SSSR count). The number of carboxylic acids is 1. The number of rotatable bonds is 5. The summed E-state index contributed by atoms with van der Waals surface area (Å²) in [6, 6.07) is 13.2. The normalized spacial score (nSPS) is 13.2. The van der Waals surface area contributed by atoms with Crippen molar-refractivity contribution in [2.75, 3.05) is 0 Å². The van der Waals surface area contributed by atoms with Crippen LogP contribution in [0.3, 0.4) is 0 Å². The molecule has 0 aliphatic heterocycles. The summed E-state index contributed by atoms with van der Waals surface area (Å²) >= 11 is 0. The fraction of sp³-hybridized carbons (Fsp3) is 0.214.